The average molecular weight is 305 g/mol. The zero-order valence-electron chi connectivity index (χ0n) is 12.5. The van der Waals surface area contributed by atoms with Crippen molar-refractivity contribution >= 4 is 5.91 Å². The second-order valence-corrected chi connectivity index (χ2v) is 7.61. The van der Waals surface area contributed by atoms with Crippen molar-refractivity contribution in [3.05, 3.63) is 35.9 Å². The van der Waals surface area contributed by atoms with Gasteiger partial charge in [-0.3, -0.25) is 4.79 Å². The number of halogens is 2. The molecule has 5 atom stereocenters. The first kappa shape index (κ1) is 14.2. The van der Waals surface area contributed by atoms with E-state index in [9.17, 15) is 13.6 Å². The SMILES string of the molecule is NC(=O)C12C[C@H]3CC(c4ccccc4)(CC1C3CC(F)F)C2. The third-order valence-corrected chi connectivity index (χ3v) is 6.70. The van der Waals surface area contributed by atoms with Gasteiger partial charge in [-0.05, 0) is 54.4 Å². The van der Waals surface area contributed by atoms with Gasteiger partial charge in [0, 0.05) is 6.42 Å². The summed E-state index contributed by atoms with van der Waals surface area (Å²) >= 11 is 0. The molecular weight excluding hydrogens is 284 g/mol. The van der Waals surface area contributed by atoms with Crippen LogP contribution in [0, 0.1) is 23.2 Å². The molecule has 5 rings (SSSR count). The van der Waals surface area contributed by atoms with E-state index in [-0.39, 0.29) is 35.5 Å². The molecule has 4 aliphatic rings. The summed E-state index contributed by atoms with van der Waals surface area (Å²) in [7, 11) is 0. The molecule has 4 aliphatic carbocycles. The maximum Gasteiger partial charge on any atom is 0.238 e. The number of carbonyl (C=O) groups is 1. The minimum absolute atomic E-state index is 0.0253. The Bertz CT molecular complexity index is 604. The van der Waals surface area contributed by atoms with E-state index in [1.165, 1.54) is 5.56 Å². The Balaban J connectivity index is 1.74. The van der Waals surface area contributed by atoms with Crippen LogP contribution >= 0.6 is 0 Å². The van der Waals surface area contributed by atoms with Crippen LogP contribution in [-0.2, 0) is 10.2 Å². The van der Waals surface area contributed by atoms with E-state index < -0.39 is 11.8 Å². The monoisotopic (exact) mass is 305 g/mol. The Morgan fingerprint density at radius 3 is 2.59 bits per heavy atom. The lowest BCUT2D eigenvalue weighted by atomic mass is 9.61. The summed E-state index contributed by atoms with van der Waals surface area (Å²) in [5, 5.41) is 0. The van der Waals surface area contributed by atoms with Crippen LogP contribution in [0.15, 0.2) is 30.3 Å². The van der Waals surface area contributed by atoms with Crippen LogP contribution in [-0.4, -0.2) is 12.3 Å². The van der Waals surface area contributed by atoms with Gasteiger partial charge in [0.05, 0.1) is 5.41 Å². The second-order valence-electron chi connectivity index (χ2n) is 7.61. The maximum atomic E-state index is 13.0. The lowest BCUT2D eigenvalue weighted by Crippen LogP contribution is -2.41. The fourth-order valence-electron chi connectivity index (χ4n) is 6.10. The number of carbonyl (C=O) groups excluding carboxylic acids is 1. The third-order valence-electron chi connectivity index (χ3n) is 6.70. The fraction of sp³-hybridized carbons (Fsp3) is 0.611. The molecule has 0 saturated heterocycles. The number of amides is 1. The van der Waals surface area contributed by atoms with Crippen LogP contribution in [0.5, 0.6) is 0 Å². The largest absolute Gasteiger partial charge is 0.369 e. The van der Waals surface area contributed by atoms with Crippen LogP contribution in [0.1, 0.15) is 37.7 Å². The summed E-state index contributed by atoms with van der Waals surface area (Å²) in [6, 6.07) is 10.3. The number of nitrogens with two attached hydrogens (primary N) is 1. The molecule has 0 radical (unpaired) electrons. The summed E-state index contributed by atoms with van der Waals surface area (Å²) in [5.41, 5.74) is 6.44. The molecule has 4 fully saturated rings. The highest BCUT2D eigenvalue weighted by atomic mass is 19.3. The van der Waals surface area contributed by atoms with Gasteiger partial charge in [-0.15, -0.1) is 0 Å². The normalized spacial score (nSPS) is 42.2. The summed E-state index contributed by atoms with van der Waals surface area (Å²) in [4.78, 5) is 12.2. The standard InChI is InChI=1S/C18H21F2NO/c19-15(20)6-13-11-7-17(12-4-2-1-3-5-12)9-14(13)18(8-11,10-17)16(21)22/h1-5,11,13-15H,6-10H2,(H2,21,22)/t11-,13?,14?,17?,18?/m1/s1. The molecule has 0 spiro atoms. The summed E-state index contributed by atoms with van der Waals surface area (Å²) in [6.07, 6.45) is 0.878. The van der Waals surface area contributed by atoms with Crippen molar-refractivity contribution in [3.63, 3.8) is 0 Å². The van der Waals surface area contributed by atoms with Gasteiger partial charge in [0.2, 0.25) is 12.3 Å². The number of benzene rings is 1. The molecule has 0 aliphatic heterocycles. The van der Waals surface area contributed by atoms with E-state index in [0.29, 0.717) is 0 Å². The zero-order valence-corrected chi connectivity index (χ0v) is 12.5. The van der Waals surface area contributed by atoms with E-state index in [1.54, 1.807) is 0 Å². The first-order valence-electron chi connectivity index (χ1n) is 8.10. The Hall–Kier alpha value is -1.45. The van der Waals surface area contributed by atoms with Crippen molar-refractivity contribution in [2.24, 2.45) is 28.9 Å². The van der Waals surface area contributed by atoms with E-state index in [1.807, 2.05) is 18.2 Å². The predicted molar refractivity (Wildman–Crippen MR) is 79.3 cm³/mol. The van der Waals surface area contributed by atoms with Crippen LogP contribution in [0.3, 0.4) is 0 Å². The maximum absolute atomic E-state index is 13.0. The van der Waals surface area contributed by atoms with Gasteiger partial charge in [-0.1, -0.05) is 30.3 Å². The molecule has 118 valence electrons. The molecule has 0 heterocycles. The zero-order chi connectivity index (χ0) is 15.5. The summed E-state index contributed by atoms with van der Waals surface area (Å²) < 4.78 is 25.9. The minimum Gasteiger partial charge on any atom is -0.369 e. The van der Waals surface area contributed by atoms with E-state index in [2.05, 4.69) is 12.1 Å². The first-order valence-corrected chi connectivity index (χ1v) is 8.10. The van der Waals surface area contributed by atoms with Gasteiger partial charge >= 0.3 is 0 Å². The average Bonchev–Trinajstić information content (AvgIpc) is 2.85. The van der Waals surface area contributed by atoms with Crippen molar-refractivity contribution in [2.45, 2.75) is 43.9 Å². The molecule has 0 aromatic heterocycles. The second kappa shape index (κ2) is 4.53. The summed E-state index contributed by atoms with van der Waals surface area (Å²) in [5.74, 6) is -0.0456. The van der Waals surface area contributed by atoms with Crippen LogP contribution in [0.2, 0.25) is 0 Å². The van der Waals surface area contributed by atoms with Gasteiger partial charge < -0.3 is 5.73 Å². The number of hydrogen-bond acceptors (Lipinski definition) is 1. The molecular formula is C18H21F2NO. The minimum atomic E-state index is -2.29. The highest BCUT2D eigenvalue weighted by Gasteiger charge is 2.70. The fourth-order valence-corrected chi connectivity index (χ4v) is 6.10. The Kier molecular flexibility index (Phi) is 2.91. The van der Waals surface area contributed by atoms with Gasteiger partial charge in [0.1, 0.15) is 0 Å². The molecule has 4 heteroatoms. The third kappa shape index (κ3) is 1.73. The Morgan fingerprint density at radius 1 is 1.23 bits per heavy atom. The van der Waals surface area contributed by atoms with Gasteiger partial charge in [0.25, 0.3) is 0 Å². The quantitative estimate of drug-likeness (QED) is 0.909. The first-order chi connectivity index (χ1) is 10.5. The predicted octanol–water partition coefficient (Wildman–Crippen LogP) is 3.50. The van der Waals surface area contributed by atoms with Crippen molar-refractivity contribution in [2.75, 3.05) is 0 Å². The van der Waals surface area contributed by atoms with Crippen LogP contribution < -0.4 is 5.73 Å². The smallest absolute Gasteiger partial charge is 0.238 e. The number of primary amides is 1. The molecule has 1 amide bonds. The molecule has 1 aromatic carbocycles. The topological polar surface area (TPSA) is 43.1 Å². The van der Waals surface area contributed by atoms with Gasteiger partial charge in [-0.2, -0.15) is 0 Å². The molecule has 4 unspecified atom stereocenters. The molecule has 22 heavy (non-hydrogen) atoms. The van der Waals surface area contributed by atoms with Crippen molar-refractivity contribution in [1.29, 1.82) is 0 Å². The van der Waals surface area contributed by atoms with Gasteiger partial charge in [0.15, 0.2) is 0 Å². The molecule has 1 aromatic rings. The highest BCUT2D eigenvalue weighted by molar-refractivity contribution is 5.83. The van der Waals surface area contributed by atoms with Crippen molar-refractivity contribution in [1.82, 2.24) is 0 Å². The summed E-state index contributed by atoms with van der Waals surface area (Å²) in [6.45, 7) is 0. The van der Waals surface area contributed by atoms with Gasteiger partial charge in [-0.25, -0.2) is 8.78 Å². The van der Waals surface area contributed by atoms with Crippen molar-refractivity contribution in [3.8, 4) is 0 Å². The number of alkyl halides is 2. The van der Waals surface area contributed by atoms with Crippen LogP contribution in [0.4, 0.5) is 8.78 Å². The number of rotatable bonds is 4. The number of hydrogen-bond donors (Lipinski definition) is 1. The molecule has 4 bridgehead atoms. The van der Waals surface area contributed by atoms with E-state index in [0.717, 1.165) is 25.7 Å². The Morgan fingerprint density at radius 2 is 1.95 bits per heavy atom. The highest BCUT2D eigenvalue weighted by Crippen LogP contribution is 2.73. The van der Waals surface area contributed by atoms with E-state index in [4.69, 9.17) is 5.73 Å². The molecule has 2 N–H and O–H groups in total. The lowest BCUT2D eigenvalue weighted by molar-refractivity contribution is -0.129. The van der Waals surface area contributed by atoms with E-state index >= 15 is 0 Å². The Labute approximate surface area is 129 Å². The lowest BCUT2D eigenvalue weighted by Gasteiger charge is -2.42. The molecule has 4 saturated carbocycles. The molecule has 2 nitrogen and oxygen atoms in total. The van der Waals surface area contributed by atoms with Crippen molar-refractivity contribution < 1.29 is 13.6 Å². The van der Waals surface area contributed by atoms with Crippen LogP contribution in [0.25, 0.3) is 0 Å².